The third-order valence-corrected chi connectivity index (χ3v) is 3.65. The van der Waals surface area contributed by atoms with Gasteiger partial charge in [-0.1, -0.05) is 30.8 Å². The average Bonchev–Trinajstić information content (AvgIpc) is 2.48. The molecule has 0 atom stereocenters. The minimum absolute atomic E-state index is 0.0494. The van der Waals surface area contributed by atoms with Crippen molar-refractivity contribution < 1.29 is 9.59 Å². The van der Waals surface area contributed by atoms with Crippen LogP contribution >= 0.6 is 0 Å². The van der Waals surface area contributed by atoms with E-state index in [9.17, 15) is 9.59 Å². The average molecular weight is 272 g/mol. The third kappa shape index (κ3) is 3.54. The van der Waals surface area contributed by atoms with Crippen molar-refractivity contribution in [2.75, 3.05) is 26.2 Å². The number of piperazine rings is 1. The molecule has 1 heterocycles. The number of amides is 1. The number of ketones is 1. The predicted octanol–water partition coefficient (Wildman–Crippen LogP) is 1.72. The summed E-state index contributed by atoms with van der Waals surface area (Å²) in [7, 11) is 0. The highest BCUT2D eigenvalue weighted by Crippen LogP contribution is 2.11. The number of rotatable bonds is 4. The standard InChI is InChI=1S/C16H20N2O2/c1-3-16(20)15-6-4-14(5-7-15)12-17-8-10-18(11-9-17)13(2)19/h3-7H,1,8-12H2,2H3. The van der Waals surface area contributed by atoms with Crippen LogP contribution in [-0.4, -0.2) is 47.7 Å². The highest BCUT2D eigenvalue weighted by molar-refractivity contribution is 6.04. The third-order valence-electron chi connectivity index (χ3n) is 3.65. The van der Waals surface area contributed by atoms with Gasteiger partial charge in [0.05, 0.1) is 0 Å². The van der Waals surface area contributed by atoms with E-state index in [2.05, 4.69) is 11.5 Å². The van der Waals surface area contributed by atoms with E-state index in [1.807, 2.05) is 29.2 Å². The smallest absolute Gasteiger partial charge is 0.219 e. The van der Waals surface area contributed by atoms with Crippen molar-refractivity contribution >= 4 is 11.7 Å². The van der Waals surface area contributed by atoms with Gasteiger partial charge in [-0.05, 0) is 11.6 Å². The van der Waals surface area contributed by atoms with Gasteiger partial charge in [-0.2, -0.15) is 0 Å². The number of carbonyl (C=O) groups is 2. The molecule has 0 bridgehead atoms. The fourth-order valence-corrected chi connectivity index (χ4v) is 2.37. The van der Waals surface area contributed by atoms with E-state index in [1.165, 1.54) is 11.6 Å². The van der Waals surface area contributed by atoms with Crippen LogP contribution in [0.15, 0.2) is 36.9 Å². The van der Waals surface area contributed by atoms with Gasteiger partial charge < -0.3 is 4.90 Å². The Kier molecular flexibility index (Phi) is 4.69. The number of benzene rings is 1. The molecule has 1 amide bonds. The largest absolute Gasteiger partial charge is 0.340 e. The van der Waals surface area contributed by atoms with Crippen LogP contribution in [-0.2, 0) is 11.3 Å². The first kappa shape index (κ1) is 14.5. The Morgan fingerprint density at radius 2 is 1.75 bits per heavy atom. The second-order valence-electron chi connectivity index (χ2n) is 5.05. The Bertz CT molecular complexity index is 500. The zero-order valence-corrected chi connectivity index (χ0v) is 11.8. The molecule has 1 aliphatic heterocycles. The molecule has 1 saturated heterocycles. The number of hydrogen-bond donors (Lipinski definition) is 0. The predicted molar refractivity (Wildman–Crippen MR) is 78.5 cm³/mol. The maximum absolute atomic E-state index is 11.4. The number of nitrogens with zero attached hydrogens (tertiary/aromatic N) is 2. The van der Waals surface area contributed by atoms with Gasteiger partial charge in [0.15, 0.2) is 5.78 Å². The van der Waals surface area contributed by atoms with Crippen LogP contribution in [0.25, 0.3) is 0 Å². The maximum atomic E-state index is 11.4. The van der Waals surface area contributed by atoms with Gasteiger partial charge >= 0.3 is 0 Å². The van der Waals surface area contributed by atoms with Gasteiger partial charge in [-0.25, -0.2) is 0 Å². The van der Waals surface area contributed by atoms with Crippen LogP contribution in [0.3, 0.4) is 0 Å². The van der Waals surface area contributed by atoms with E-state index >= 15 is 0 Å². The summed E-state index contributed by atoms with van der Waals surface area (Å²) in [6, 6.07) is 7.64. The van der Waals surface area contributed by atoms with Gasteiger partial charge in [0.1, 0.15) is 0 Å². The molecule has 0 N–H and O–H groups in total. The van der Waals surface area contributed by atoms with Crippen LogP contribution in [0.4, 0.5) is 0 Å². The zero-order chi connectivity index (χ0) is 14.5. The van der Waals surface area contributed by atoms with Crippen LogP contribution in [0.1, 0.15) is 22.8 Å². The van der Waals surface area contributed by atoms with Crippen molar-refractivity contribution in [3.63, 3.8) is 0 Å². The first-order valence-electron chi connectivity index (χ1n) is 6.83. The van der Waals surface area contributed by atoms with Crippen molar-refractivity contribution in [2.24, 2.45) is 0 Å². The van der Waals surface area contributed by atoms with E-state index in [0.29, 0.717) is 5.56 Å². The maximum Gasteiger partial charge on any atom is 0.219 e. The summed E-state index contributed by atoms with van der Waals surface area (Å²) in [4.78, 5) is 26.9. The molecular formula is C16H20N2O2. The molecule has 0 aromatic heterocycles. The van der Waals surface area contributed by atoms with Crippen LogP contribution in [0, 0.1) is 0 Å². The van der Waals surface area contributed by atoms with E-state index in [4.69, 9.17) is 0 Å². The lowest BCUT2D eigenvalue weighted by molar-refractivity contribution is -0.130. The second-order valence-corrected chi connectivity index (χ2v) is 5.05. The van der Waals surface area contributed by atoms with E-state index < -0.39 is 0 Å². The van der Waals surface area contributed by atoms with Crippen LogP contribution < -0.4 is 0 Å². The van der Waals surface area contributed by atoms with Gasteiger partial charge in [-0.3, -0.25) is 14.5 Å². The minimum Gasteiger partial charge on any atom is -0.340 e. The molecule has 4 heteroatoms. The van der Waals surface area contributed by atoms with Crippen molar-refractivity contribution in [3.05, 3.63) is 48.0 Å². The molecule has 0 aliphatic carbocycles. The summed E-state index contributed by atoms with van der Waals surface area (Å²) >= 11 is 0. The van der Waals surface area contributed by atoms with E-state index in [1.54, 1.807) is 6.92 Å². The van der Waals surface area contributed by atoms with Crippen LogP contribution in [0.5, 0.6) is 0 Å². The zero-order valence-electron chi connectivity index (χ0n) is 11.8. The lowest BCUT2D eigenvalue weighted by Gasteiger charge is -2.34. The molecule has 4 nitrogen and oxygen atoms in total. The fraction of sp³-hybridized carbons (Fsp3) is 0.375. The Morgan fingerprint density at radius 3 is 2.25 bits per heavy atom. The normalized spacial score (nSPS) is 15.9. The van der Waals surface area contributed by atoms with Crippen molar-refractivity contribution in [2.45, 2.75) is 13.5 Å². The molecule has 0 unspecified atom stereocenters. The summed E-state index contributed by atoms with van der Waals surface area (Å²) in [6.07, 6.45) is 1.33. The number of hydrogen-bond acceptors (Lipinski definition) is 3. The summed E-state index contributed by atoms with van der Waals surface area (Å²) in [5.41, 5.74) is 1.85. The summed E-state index contributed by atoms with van der Waals surface area (Å²) in [6.45, 7) is 9.34. The van der Waals surface area contributed by atoms with E-state index in [0.717, 1.165) is 32.7 Å². The first-order valence-corrected chi connectivity index (χ1v) is 6.83. The molecule has 20 heavy (non-hydrogen) atoms. The quantitative estimate of drug-likeness (QED) is 0.619. The molecule has 0 radical (unpaired) electrons. The minimum atomic E-state index is -0.0494. The van der Waals surface area contributed by atoms with Crippen molar-refractivity contribution in [1.29, 1.82) is 0 Å². The van der Waals surface area contributed by atoms with Crippen molar-refractivity contribution in [3.8, 4) is 0 Å². The Balaban J connectivity index is 1.90. The Morgan fingerprint density at radius 1 is 1.15 bits per heavy atom. The molecule has 106 valence electrons. The number of carbonyl (C=O) groups excluding carboxylic acids is 2. The molecule has 2 rings (SSSR count). The monoisotopic (exact) mass is 272 g/mol. The lowest BCUT2D eigenvalue weighted by atomic mass is 10.1. The lowest BCUT2D eigenvalue weighted by Crippen LogP contribution is -2.47. The molecule has 0 spiro atoms. The molecule has 1 aromatic carbocycles. The number of allylic oxidation sites excluding steroid dienone is 1. The van der Waals surface area contributed by atoms with Gasteiger partial charge in [0, 0.05) is 45.2 Å². The van der Waals surface area contributed by atoms with Gasteiger partial charge in [0.25, 0.3) is 0 Å². The summed E-state index contributed by atoms with van der Waals surface area (Å²) in [5, 5.41) is 0. The van der Waals surface area contributed by atoms with Gasteiger partial charge in [0.2, 0.25) is 5.91 Å². The fourth-order valence-electron chi connectivity index (χ4n) is 2.37. The first-order chi connectivity index (χ1) is 9.60. The SMILES string of the molecule is C=CC(=O)c1ccc(CN2CCN(C(C)=O)CC2)cc1. The highest BCUT2D eigenvalue weighted by atomic mass is 16.2. The Hall–Kier alpha value is -1.94. The van der Waals surface area contributed by atoms with Gasteiger partial charge in [-0.15, -0.1) is 0 Å². The molecule has 0 saturated carbocycles. The van der Waals surface area contributed by atoms with Crippen molar-refractivity contribution in [1.82, 2.24) is 9.80 Å². The topological polar surface area (TPSA) is 40.6 Å². The Labute approximate surface area is 119 Å². The summed E-state index contributed by atoms with van der Waals surface area (Å²) < 4.78 is 0. The molecule has 1 aliphatic rings. The molecular weight excluding hydrogens is 252 g/mol. The summed E-state index contributed by atoms with van der Waals surface area (Å²) in [5.74, 6) is 0.101. The molecule has 1 fully saturated rings. The van der Waals surface area contributed by atoms with Crippen LogP contribution in [0.2, 0.25) is 0 Å². The van der Waals surface area contributed by atoms with E-state index in [-0.39, 0.29) is 11.7 Å². The highest BCUT2D eigenvalue weighted by Gasteiger charge is 2.18. The molecule has 1 aromatic rings. The second kappa shape index (κ2) is 6.48.